The Morgan fingerprint density at radius 1 is 1.35 bits per heavy atom. The fourth-order valence-corrected chi connectivity index (χ4v) is 3.24. The number of ether oxygens (including phenoxy) is 2. The molecule has 6 nitrogen and oxygen atoms in total. The van der Waals surface area contributed by atoms with Crippen molar-refractivity contribution in [2.75, 3.05) is 26.3 Å². The first kappa shape index (κ1) is 18.5. The van der Waals surface area contributed by atoms with Crippen molar-refractivity contribution in [3.63, 3.8) is 0 Å². The van der Waals surface area contributed by atoms with Gasteiger partial charge in [-0.25, -0.2) is 0 Å². The number of aryl methyl sites for hydroxylation is 2. The highest BCUT2D eigenvalue weighted by molar-refractivity contribution is 5.79. The van der Waals surface area contributed by atoms with Crippen LogP contribution >= 0.6 is 0 Å². The maximum Gasteiger partial charge on any atom is 0.227 e. The molecule has 1 N–H and O–H groups in total. The first-order valence-electron chi connectivity index (χ1n) is 9.21. The predicted octanol–water partition coefficient (Wildman–Crippen LogP) is 2.66. The number of aromatic amines is 1. The van der Waals surface area contributed by atoms with E-state index in [1.54, 1.807) is 0 Å². The topological polar surface area (TPSA) is 67.5 Å². The summed E-state index contributed by atoms with van der Waals surface area (Å²) in [4.78, 5) is 14.8. The molecule has 1 aliphatic rings. The average Bonchev–Trinajstić information content (AvgIpc) is 3.27. The van der Waals surface area contributed by atoms with Gasteiger partial charge in [-0.3, -0.25) is 9.89 Å². The van der Waals surface area contributed by atoms with E-state index in [0.29, 0.717) is 26.1 Å². The van der Waals surface area contributed by atoms with E-state index in [2.05, 4.69) is 10.2 Å². The molecule has 1 unspecified atom stereocenters. The van der Waals surface area contributed by atoms with E-state index in [1.165, 1.54) is 0 Å². The summed E-state index contributed by atoms with van der Waals surface area (Å²) < 4.78 is 11.5. The van der Waals surface area contributed by atoms with Crippen LogP contribution in [-0.4, -0.2) is 53.4 Å². The number of amides is 1. The SMILES string of the molecule is Cc1n[nH]c(C)c1CC(=O)N(CCOc1ccccc1)CC1CCCO1. The minimum atomic E-state index is 0.0877. The van der Waals surface area contributed by atoms with Crippen LogP contribution in [0.25, 0.3) is 0 Å². The third-order valence-electron chi connectivity index (χ3n) is 4.78. The third-order valence-corrected chi connectivity index (χ3v) is 4.78. The molecule has 0 bridgehead atoms. The molecule has 140 valence electrons. The average molecular weight is 357 g/mol. The van der Waals surface area contributed by atoms with Gasteiger partial charge in [0.05, 0.1) is 24.8 Å². The minimum Gasteiger partial charge on any atom is -0.492 e. The van der Waals surface area contributed by atoms with Crippen molar-refractivity contribution < 1.29 is 14.3 Å². The zero-order valence-corrected chi connectivity index (χ0v) is 15.5. The normalized spacial score (nSPS) is 16.6. The lowest BCUT2D eigenvalue weighted by atomic mass is 10.1. The first-order valence-corrected chi connectivity index (χ1v) is 9.21. The number of benzene rings is 1. The van der Waals surface area contributed by atoms with Crippen LogP contribution < -0.4 is 4.74 Å². The Morgan fingerprint density at radius 2 is 2.15 bits per heavy atom. The molecule has 1 fully saturated rings. The number of carbonyl (C=O) groups is 1. The van der Waals surface area contributed by atoms with Crippen molar-refractivity contribution in [1.29, 1.82) is 0 Å². The highest BCUT2D eigenvalue weighted by atomic mass is 16.5. The summed E-state index contributed by atoms with van der Waals surface area (Å²) >= 11 is 0. The molecule has 2 heterocycles. The van der Waals surface area contributed by atoms with Crippen LogP contribution in [0.1, 0.15) is 29.8 Å². The van der Waals surface area contributed by atoms with Crippen molar-refractivity contribution in [3.8, 4) is 5.75 Å². The molecule has 26 heavy (non-hydrogen) atoms. The maximum absolute atomic E-state index is 12.9. The Labute approximate surface area is 154 Å². The number of nitrogens with one attached hydrogen (secondary N) is 1. The molecule has 1 aromatic heterocycles. The van der Waals surface area contributed by atoms with E-state index in [4.69, 9.17) is 9.47 Å². The summed E-state index contributed by atoms with van der Waals surface area (Å²) in [6.07, 6.45) is 2.55. The summed E-state index contributed by atoms with van der Waals surface area (Å²) in [6, 6.07) is 9.68. The van der Waals surface area contributed by atoms with Gasteiger partial charge in [-0.2, -0.15) is 5.10 Å². The van der Waals surface area contributed by atoms with Crippen molar-refractivity contribution >= 4 is 5.91 Å². The zero-order chi connectivity index (χ0) is 18.4. The summed E-state index contributed by atoms with van der Waals surface area (Å²) in [5, 5.41) is 7.14. The van der Waals surface area contributed by atoms with Crippen molar-refractivity contribution in [1.82, 2.24) is 15.1 Å². The number of hydrogen-bond donors (Lipinski definition) is 1. The summed E-state index contributed by atoms with van der Waals surface area (Å²) in [5.41, 5.74) is 2.82. The molecule has 1 atom stereocenters. The molecule has 1 amide bonds. The van der Waals surface area contributed by atoms with Crippen molar-refractivity contribution in [2.24, 2.45) is 0 Å². The summed E-state index contributed by atoms with van der Waals surface area (Å²) in [5.74, 6) is 0.906. The lowest BCUT2D eigenvalue weighted by Gasteiger charge is -2.25. The summed E-state index contributed by atoms with van der Waals surface area (Å²) in [7, 11) is 0. The van der Waals surface area contributed by atoms with Crippen molar-refractivity contribution in [3.05, 3.63) is 47.3 Å². The number of hydrogen-bond acceptors (Lipinski definition) is 4. The van der Waals surface area contributed by atoms with Crippen LogP contribution in [0, 0.1) is 13.8 Å². The molecule has 1 aromatic carbocycles. The zero-order valence-electron chi connectivity index (χ0n) is 15.5. The van der Waals surface area contributed by atoms with Gasteiger partial charge in [0.2, 0.25) is 5.91 Å². The fraction of sp³-hybridized carbons (Fsp3) is 0.500. The monoisotopic (exact) mass is 357 g/mol. The molecule has 1 aliphatic heterocycles. The summed E-state index contributed by atoms with van der Waals surface area (Å²) in [6.45, 7) is 6.29. The van der Waals surface area contributed by atoms with Crippen LogP contribution in [0.3, 0.4) is 0 Å². The highest BCUT2D eigenvalue weighted by Crippen LogP contribution is 2.16. The van der Waals surface area contributed by atoms with Crippen molar-refractivity contribution in [2.45, 2.75) is 39.2 Å². The molecule has 0 radical (unpaired) electrons. The minimum absolute atomic E-state index is 0.0877. The third kappa shape index (κ3) is 4.85. The van der Waals surface area contributed by atoms with Gasteiger partial charge in [-0.05, 0) is 38.8 Å². The van der Waals surface area contributed by atoms with Crippen LogP contribution in [0.15, 0.2) is 30.3 Å². The van der Waals surface area contributed by atoms with Gasteiger partial charge in [0.15, 0.2) is 0 Å². The molecule has 6 heteroatoms. The van der Waals surface area contributed by atoms with Gasteiger partial charge < -0.3 is 14.4 Å². The Hall–Kier alpha value is -2.34. The lowest BCUT2D eigenvalue weighted by molar-refractivity contribution is -0.132. The van der Waals surface area contributed by atoms with E-state index in [-0.39, 0.29) is 12.0 Å². The van der Waals surface area contributed by atoms with Gasteiger partial charge >= 0.3 is 0 Å². The second-order valence-corrected chi connectivity index (χ2v) is 6.73. The van der Waals surface area contributed by atoms with Gasteiger partial charge in [-0.15, -0.1) is 0 Å². The van der Waals surface area contributed by atoms with E-state index in [1.807, 2.05) is 49.1 Å². The van der Waals surface area contributed by atoms with Crippen LogP contribution in [0.2, 0.25) is 0 Å². The molecule has 0 spiro atoms. The molecular weight excluding hydrogens is 330 g/mol. The van der Waals surface area contributed by atoms with Crippen LogP contribution in [0.4, 0.5) is 0 Å². The van der Waals surface area contributed by atoms with E-state index >= 15 is 0 Å². The Balaban J connectivity index is 1.60. The molecular formula is C20H27N3O3. The lowest BCUT2D eigenvalue weighted by Crippen LogP contribution is -2.40. The quantitative estimate of drug-likeness (QED) is 0.789. The largest absolute Gasteiger partial charge is 0.492 e. The fourth-order valence-electron chi connectivity index (χ4n) is 3.24. The number of carbonyl (C=O) groups excluding carboxylic acids is 1. The van der Waals surface area contributed by atoms with Crippen LogP contribution in [0.5, 0.6) is 5.75 Å². The van der Waals surface area contributed by atoms with Gasteiger partial charge in [-0.1, -0.05) is 18.2 Å². The number of para-hydroxylation sites is 1. The second kappa shape index (κ2) is 8.85. The molecule has 0 aliphatic carbocycles. The molecule has 0 saturated carbocycles. The molecule has 2 aromatic rings. The highest BCUT2D eigenvalue weighted by Gasteiger charge is 2.24. The number of nitrogens with zero attached hydrogens (tertiary/aromatic N) is 2. The molecule has 3 rings (SSSR count). The maximum atomic E-state index is 12.9. The van der Waals surface area contributed by atoms with E-state index in [0.717, 1.165) is 42.1 Å². The first-order chi connectivity index (χ1) is 12.6. The Morgan fingerprint density at radius 3 is 2.81 bits per heavy atom. The number of H-pyrrole nitrogens is 1. The van der Waals surface area contributed by atoms with Gasteiger partial charge in [0, 0.05) is 24.4 Å². The Bertz CT molecular complexity index is 689. The van der Waals surface area contributed by atoms with E-state index in [9.17, 15) is 4.79 Å². The van der Waals surface area contributed by atoms with Crippen LogP contribution in [-0.2, 0) is 16.0 Å². The smallest absolute Gasteiger partial charge is 0.227 e. The van der Waals surface area contributed by atoms with Gasteiger partial charge in [0.25, 0.3) is 0 Å². The standard InChI is InChI=1S/C20H27N3O3/c1-15-19(16(2)22-21-15)13-20(24)23(14-18-9-6-11-25-18)10-12-26-17-7-4-3-5-8-17/h3-5,7-8,18H,6,9-14H2,1-2H3,(H,21,22). The number of rotatable bonds is 8. The number of aromatic nitrogens is 2. The van der Waals surface area contributed by atoms with Gasteiger partial charge in [0.1, 0.15) is 12.4 Å². The Kier molecular flexibility index (Phi) is 6.28. The second-order valence-electron chi connectivity index (χ2n) is 6.73. The van der Waals surface area contributed by atoms with E-state index < -0.39 is 0 Å². The predicted molar refractivity (Wildman–Crippen MR) is 99.3 cm³/mol. The molecule has 1 saturated heterocycles.